The van der Waals surface area contributed by atoms with Crippen LogP contribution in [-0.4, -0.2) is 65.9 Å². The number of methoxy groups -OCH3 is 1. The summed E-state index contributed by atoms with van der Waals surface area (Å²) in [6.07, 6.45) is 1.76. The predicted molar refractivity (Wildman–Crippen MR) is 109 cm³/mol. The first-order chi connectivity index (χ1) is 15.2. The van der Waals surface area contributed by atoms with Crippen LogP contribution in [0.15, 0.2) is 30.5 Å². The molecule has 2 aromatic rings. The zero-order valence-corrected chi connectivity index (χ0v) is 18.0. The van der Waals surface area contributed by atoms with Gasteiger partial charge in [-0.3, -0.25) is 19.6 Å². The molecule has 32 heavy (non-hydrogen) atoms. The van der Waals surface area contributed by atoms with Crippen LogP contribution < -0.4 is 0 Å². The van der Waals surface area contributed by atoms with Gasteiger partial charge in [-0.1, -0.05) is 5.21 Å². The van der Waals surface area contributed by atoms with Crippen LogP contribution >= 0.6 is 11.8 Å². The van der Waals surface area contributed by atoms with Gasteiger partial charge < -0.3 is 14.4 Å². The molecule has 1 aromatic carbocycles. The van der Waals surface area contributed by atoms with Gasteiger partial charge in [0.25, 0.3) is 5.69 Å². The molecule has 0 unspecified atom stereocenters. The SMILES string of the molecule is COC(=O)c1cn(C[C@]2(C)S[C@H]3CC(=O)N3[C@H]2C(=O)OCc2ccc([N+](=O)[O-])cc2)nn1. The van der Waals surface area contributed by atoms with Crippen molar-refractivity contribution >= 4 is 35.3 Å². The Bertz CT molecular complexity index is 1090. The lowest BCUT2D eigenvalue weighted by Crippen LogP contribution is -2.58. The van der Waals surface area contributed by atoms with Crippen molar-refractivity contribution in [3.05, 3.63) is 51.8 Å². The molecule has 0 radical (unpaired) electrons. The number of rotatable bonds is 7. The van der Waals surface area contributed by atoms with Gasteiger partial charge in [-0.05, 0) is 24.6 Å². The number of amides is 1. The van der Waals surface area contributed by atoms with Crippen LogP contribution in [0.5, 0.6) is 0 Å². The number of carbonyl (C=O) groups excluding carboxylic acids is 3. The molecule has 0 saturated carbocycles. The summed E-state index contributed by atoms with van der Waals surface area (Å²) in [5.74, 6) is -1.35. The first-order valence-electron chi connectivity index (χ1n) is 9.59. The van der Waals surface area contributed by atoms with Crippen molar-refractivity contribution in [2.24, 2.45) is 0 Å². The number of hydrogen-bond acceptors (Lipinski definition) is 10. The molecule has 1 amide bonds. The molecule has 3 atom stereocenters. The third-order valence-electron chi connectivity index (χ3n) is 5.37. The summed E-state index contributed by atoms with van der Waals surface area (Å²) in [5.41, 5.74) is 0.561. The standard InChI is InChI=1S/C19H19N5O7S/c1-19(10-22-8-13(20-21-22)17(26)30-2)16(23-14(25)7-15(23)32-19)18(27)31-9-11-3-5-12(6-4-11)24(28)29/h3-6,8,15-16H,7,9-10H2,1-2H3/t15-,16-,19-/m0/s1. The topological polar surface area (TPSA) is 147 Å². The van der Waals surface area contributed by atoms with Crippen molar-refractivity contribution in [1.29, 1.82) is 0 Å². The van der Waals surface area contributed by atoms with Gasteiger partial charge in [0.2, 0.25) is 5.91 Å². The van der Waals surface area contributed by atoms with Crippen LogP contribution in [0, 0.1) is 10.1 Å². The van der Waals surface area contributed by atoms with Crippen molar-refractivity contribution in [2.45, 2.75) is 42.7 Å². The highest BCUT2D eigenvalue weighted by atomic mass is 32.2. The van der Waals surface area contributed by atoms with Gasteiger partial charge in [-0.25, -0.2) is 9.59 Å². The number of non-ortho nitro benzene ring substituents is 1. The van der Waals surface area contributed by atoms with Crippen LogP contribution in [-0.2, 0) is 32.2 Å². The van der Waals surface area contributed by atoms with E-state index in [1.54, 1.807) is 0 Å². The number of thioether (sulfide) groups is 1. The normalized spacial score (nSPS) is 23.9. The molecule has 2 aliphatic rings. The molecule has 0 aliphatic carbocycles. The molecular formula is C19H19N5O7S. The predicted octanol–water partition coefficient (Wildman–Crippen LogP) is 1.15. The van der Waals surface area contributed by atoms with Gasteiger partial charge in [0, 0.05) is 12.1 Å². The Morgan fingerprint density at radius 2 is 2.06 bits per heavy atom. The molecule has 4 rings (SSSR count). The fourth-order valence-corrected chi connectivity index (χ4v) is 5.55. The van der Waals surface area contributed by atoms with E-state index in [0.717, 1.165) is 0 Å². The highest BCUT2D eigenvalue weighted by Gasteiger charge is 2.61. The van der Waals surface area contributed by atoms with Crippen LogP contribution in [0.1, 0.15) is 29.4 Å². The molecule has 0 bridgehead atoms. The van der Waals surface area contributed by atoms with E-state index in [1.165, 1.54) is 58.9 Å². The maximum atomic E-state index is 13.0. The zero-order chi connectivity index (χ0) is 23.0. The van der Waals surface area contributed by atoms with Crippen molar-refractivity contribution in [2.75, 3.05) is 7.11 Å². The third-order valence-corrected chi connectivity index (χ3v) is 6.93. The number of hydrogen-bond donors (Lipinski definition) is 0. The van der Waals surface area contributed by atoms with Crippen molar-refractivity contribution in [3.63, 3.8) is 0 Å². The molecule has 0 spiro atoms. The number of nitrogens with zero attached hydrogens (tertiary/aromatic N) is 5. The maximum absolute atomic E-state index is 13.0. The first kappa shape index (κ1) is 21.7. The van der Waals surface area contributed by atoms with Gasteiger partial charge in [0.15, 0.2) is 5.69 Å². The quantitative estimate of drug-likeness (QED) is 0.254. The van der Waals surface area contributed by atoms with E-state index < -0.39 is 27.7 Å². The summed E-state index contributed by atoms with van der Waals surface area (Å²) in [4.78, 5) is 48.7. The average molecular weight is 461 g/mol. The Morgan fingerprint density at radius 3 is 2.69 bits per heavy atom. The van der Waals surface area contributed by atoms with E-state index in [-0.39, 0.29) is 35.8 Å². The van der Waals surface area contributed by atoms with E-state index in [4.69, 9.17) is 4.74 Å². The smallest absolute Gasteiger partial charge is 0.360 e. The van der Waals surface area contributed by atoms with Crippen molar-refractivity contribution in [3.8, 4) is 0 Å². The summed E-state index contributed by atoms with van der Waals surface area (Å²) in [7, 11) is 1.24. The summed E-state index contributed by atoms with van der Waals surface area (Å²) in [6.45, 7) is 1.95. The lowest BCUT2D eigenvalue weighted by Gasteiger charge is -2.37. The Balaban J connectivity index is 1.49. The highest BCUT2D eigenvalue weighted by Crippen LogP contribution is 2.52. The second-order valence-corrected chi connectivity index (χ2v) is 9.33. The van der Waals surface area contributed by atoms with E-state index in [9.17, 15) is 24.5 Å². The van der Waals surface area contributed by atoms with Gasteiger partial charge in [-0.2, -0.15) is 0 Å². The summed E-state index contributed by atoms with van der Waals surface area (Å²) < 4.78 is 10.8. The van der Waals surface area contributed by atoms with E-state index >= 15 is 0 Å². The molecule has 2 saturated heterocycles. The maximum Gasteiger partial charge on any atom is 0.360 e. The number of esters is 2. The minimum Gasteiger partial charge on any atom is -0.464 e. The monoisotopic (exact) mass is 461 g/mol. The highest BCUT2D eigenvalue weighted by molar-refractivity contribution is 8.01. The number of carbonyl (C=O) groups is 3. The Labute approximate surface area is 186 Å². The Hall–Kier alpha value is -3.48. The largest absolute Gasteiger partial charge is 0.464 e. The fourth-order valence-electron chi connectivity index (χ4n) is 3.81. The number of aromatic nitrogens is 3. The lowest BCUT2D eigenvalue weighted by atomic mass is 9.96. The van der Waals surface area contributed by atoms with Crippen LogP contribution in [0.2, 0.25) is 0 Å². The Morgan fingerprint density at radius 1 is 1.34 bits per heavy atom. The lowest BCUT2D eigenvalue weighted by molar-refractivity contribution is -0.384. The van der Waals surface area contributed by atoms with Gasteiger partial charge >= 0.3 is 11.9 Å². The minimum absolute atomic E-state index is 0.0377. The zero-order valence-electron chi connectivity index (χ0n) is 17.2. The van der Waals surface area contributed by atoms with Crippen molar-refractivity contribution in [1.82, 2.24) is 19.9 Å². The second kappa shape index (κ2) is 8.22. The van der Waals surface area contributed by atoms with Crippen LogP contribution in [0.4, 0.5) is 5.69 Å². The number of ether oxygens (including phenoxy) is 2. The first-order valence-corrected chi connectivity index (χ1v) is 10.5. The van der Waals surface area contributed by atoms with E-state index in [2.05, 4.69) is 15.0 Å². The van der Waals surface area contributed by atoms with Gasteiger partial charge in [-0.15, -0.1) is 16.9 Å². The number of nitro benzene ring substituents is 1. The summed E-state index contributed by atoms with van der Waals surface area (Å²) in [6, 6.07) is 4.82. The summed E-state index contributed by atoms with van der Waals surface area (Å²) in [5, 5.41) is 18.3. The molecule has 168 valence electrons. The number of fused-ring (bicyclic) bond motifs is 1. The molecule has 13 heteroatoms. The van der Waals surface area contributed by atoms with Gasteiger partial charge in [0.05, 0.1) is 41.3 Å². The van der Waals surface area contributed by atoms with Crippen molar-refractivity contribution < 1.29 is 28.8 Å². The molecule has 12 nitrogen and oxygen atoms in total. The van der Waals surface area contributed by atoms with Gasteiger partial charge in [0.1, 0.15) is 12.6 Å². The number of β-lactam (4-membered cyclic amide) rings is 1. The molecule has 0 N–H and O–H groups in total. The average Bonchev–Trinajstić information content (AvgIpc) is 3.31. The molecule has 3 heterocycles. The Kier molecular flexibility index (Phi) is 5.59. The molecule has 1 aromatic heterocycles. The minimum atomic E-state index is -0.859. The molecule has 2 fully saturated rings. The molecule has 2 aliphatic heterocycles. The third kappa shape index (κ3) is 3.90. The van der Waals surface area contributed by atoms with Crippen LogP contribution in [0.25, 0.3) is 0 Å². The number of nitro groups is 1. The van der Waals surface area contributed by atoms with E-state index in [1.807, 2.05) is 6.92 Å². The fraction of sp³-hybridized carbons (Fsp3) is 0.421. The van der Waals surface area contributed by atoms with Crippen LogP contribution in [0.3, 0.4) is 0 Å². The second-order valence-electron chi connectivity index (χ2n) is 7.62. The summed E-state index contributed by atoms with van der Waals surface area (Å²) >= 11 is 1.47. The van der Waals surface area contributed by atoms with E-state index in [0.29, 0.717) is 12.0 Å². The molecular weight excluding hydrogens is 442 g/mol. The number of benzene rings is 1.